The number of esters is 1. The molecule has 1 aromatic rings. The van der Waals surface area contributed by atoms with Gasteiger partial charge in [0.2, 0.25) is 0 Å². The molecule has 1 aliphatic carbocycles. The summed E-state index contributed by atoms with van der Waals surface area (Å²) in [6, 6.07) is 6.32. The van der Waals surface area contributed by atoms with Crippen molar-refractivity contribution in [1.82, 2.24) is 0 Å². The number of carbonyl (C=O) groups excluding carboxylic acids is 1. The van der Waals surface area contributed by atoms with Crippen LogP contribution in [0.25, 0.3) is 0 Å². The number of ether oxygens (including phenoxy) is 1. The van der Waals surface area contributed by atoms with Crippen molar-refractivity contribution in [2.75, 3.05) is 6.61 Å². The van der Waals surface area contributed by atoms with Crippen molar-refractivity contribution >= 4 is 17.6 Å². The van der Waals surface area contributed by atoms with Gasteiger partial charge in [0.1, 0.15) is 6.04 Å². The molecular formula is C15H20ClNO2. The third kappa shape index (κ3) is 3.95. The molecule has 0 amide bonds. The Bertz CT molecular complexity index is 430. The first kappa shape index (κ1) is 14.4. The van der Waals surface area contributed by atoms with Gasteiger partial charge in [-0.15, -0.1) is 0 Å². The number of benzene rings is 1. The molecule has 19 heavy (non-hydrogen) atoms. The van der Waals surface area contributed by atoms with Crippen LogP contribution in [0.2, 0.25) is 5.02 Å². The van der Waals surface area contributed by atoms with E-state index >= 15 is 0 Å². The van der Waals surface area contributed by atoms with Crippen molar-refractivity contribution in [3.63, 3.8) is 0 Å². The Labute approximate surface area is 119 Å². The van der Waals surface area contributed by atoms with Crippen LogP contribution >= 0.6 is 11.6 Å². The highest BCUT2D eigenvalue weighted by Crippen LogP contribution is 2.25. The molecule has 0 aliphatic heterocycles. The van der Waals surface area contributed by atoms with Crippen molar-refractivity contribution in [2.45, 2.75) is 38.1 Å². The van der Waals surface area contributed by atoms with E-state index in [1.807, 2.05) is 12.1 Å². The number of hydrogen-bond donors (Lipinski definition) is 1. The summed E-state index contributed by atoms with van der Waals surface area (Å²) in [6.45, 7) is 0.483. The predicted molar refractivity (Wildman–Crippen MR) is 75.9 cm³/mol. The van der Waals surface area contributed by atoms with Crippen molar-refractivity contribution < 1.29 is 9.53 Å². The number of hydrogen-bond acceptors (Lipinski definition) is 3. The first-order chi connectivity index (χ1) is 9.18. The van der Waals surface area contributed by atoms with E-state index in [1.165, 1.54) is 19.3 Å². The summed E-state index contributed by atoms with van der Waals surface area (Å²) < 4.78 is 5.33. The van der Waals surface area contributed by atoms with Crippen molar-refractivity contribution in [3.8, 4) is 0 Å². The zero-order valence-corrected chi connectivity index (χ0v) is 11.7. The lowest BCUT2D eigenvalue weighted by Gasteiger charge is -2.22. The molecule has 2 N–H and O–H groups in total. The molecule has 1 saturated carbocycles. The number of carbonyl (C=O) groups is 1. The molecule has 0 radical (unpaired) electrons. The van der Waals surface area contributed by atoms with Crippen LogP contribution in [-0.2, 0) is 9.53 Å². The van der Waals surface area contributed by atoms with E-state index in [4.69, 9.17) is 22.1 Å². The maximum absolute atomic E-state index is 11.9. The topological polar surface area (TPSA) is 52.3 Å². The Hall–Kier alpha value is -1.06. The van der Waals surface area contributed by atoms with Crippen LogP contribution in [0.5, 0.6) is 0 Å². The summed E-state index contributed by atoms with van der Waals surface area (Å²) in [5, 5.41) is 0.504. The molecule has 3 nitrogen and oxygen atoms in total. The van der Waals surface area contributed by atoms with Gasteiger partial charge in [-0.2, -0.15) is 0 Å². The number of rotatable bonds is 4. The monoisotopic (exact) mass is 281 g/mol. The lowest BCUT2D eigenvalue weighted by Crippen LogP contribution is -2.26. The third-order valence-corrected chi connectivity index (χ3v) is 4.02. The molecule has 1 atom stereocenters. The van der Waals surface area contributed by atoms with E-state index in [0.29, 0.717) is 23.1 Å². The summed E-state index contributed by atoms with van der Waals surface area (Å²) in [7, 11) is 0. The average molecular weight is 282 g/mol. The van der Waals surface area contributed by atoms with Gasteiger partial charge in [-0.1, -0.05) is 49.1 Å². The van der Waals surface area contributed by atoms with Gasteiger partial charge in [-0.3, -0.25) is 0 Å². The van der Waals surface area contributed by atoms with Gasteiger partial charge in [0.15, 0.2) is 0 Å². The van der Waals surface area contributed by atoms with Crippen LogP contribution in [0, 0.1) is 5.92 Å². The molecule has 4 heteroatoms. The quantitative estimate of drug-likeness (QED) is 0.860. The second-order valence-corrected chi connectivity index (χ2v) is 5.54. The molecule has 0 saturated heterocycles. The summed E-state index contributed by atoms with van der Waals surface area (Å²) in [6.07, 6.45) is 6.06. The van der Waals surface area contributed by atoms with Gasteiger partial charge >= 0.3 is 5.97 Å². The first-order valence-electron chi connectivity index (χ1n) is 6.85. The van der Waals surface area contributed by atoms with Crippen LogP contribution in [0.1, 0.15) is 43.7 Å². The fourth-order valence-corrected chi connectivity index (χ4v) is 2.75. The van der Waals surface area contributed by atoms with E-state index in [0.717, 1.165) is 12.8 Å². The smallest absolute Gasteiger partial charge is 0.327 e. The van der Waals surface area contributed by atoms with E-state index in [-0.39, 0.29) is 0 Å². The summed E-state index contributed by atoms with van der Waals surface area (Å²) in [5.41, 5.74) is 6.52. The summed E-state index contributed by atoms with van der Waals surface area (Å²) >= 11 is 6.02. The average Bonchev–Trinajstić information content (AvgIpc) is 2.45. The molecule has 1 aromatic carbocycles. The Morgan fingerprint density at radius 3 is 2.68 bits per heavy atom. The lowest BCUT2D eigenvalue weighted by molar-refractivity contribution is -0.147. The largest absolute Gasteiger partial charge is 0.464 e. The van der Waals surface area contributed by atoms with Crippen LogP contribution in [-0.4, -0.2) is 12.6 Å². The highest BCUT2D eigenvalue weighted by Gasteiger charge is 2.22. The molecule has 0 spiro atoms. The van der Waals surface area contributed by atoms with Crippen LogP contribution in [0.15, 0.2) is 24.3 Å². The molecule has 0 aromatic heterocycles. The normalized spacial score (nSPS) is 18.0. The molecule has 0 heterocycles. The van der Waals surface area contributed by atoms with Gasteiger partial charge < -0.3 is 10.5 Å². The van der Waals surface area contributed by atoms with Crippen LogP contribution < -0.4 is 5.73 Å². The molecule has 0 bridgehead atoms. The highest BCUT2D eigenvalue weighted by molar-refractivity contribution is 6.31. The molecule has 2 rings (SSSR count). The maximum atomic E-state index is 11.9. The molecule has 104 valence electrons. The maximum Gasteiger partial charge on any atom is 0.327 e. The fraction of sp³-hybridized carbons (Fsp3) is 0.533. The zero-order valence-electron chi connectivity index (χ0n) is 11.0. The Morgan fingerprint density at radius 2 is 2.00 bits per heavy atom. The van der Waals surface area contributed by atoms with Gasteiger partial charge in [0, 0.05) is 5.02 Å². The van der Waals surface area contributed by atoms with Crippen LogP contribution in [0.3, 0.4) is 0 Å². The van der Waals surface area contributed by atoms with Gasteiger partial charge in [0.25, 0.3) is 0 Å². The Morgan fingerprint density at radius 1 is 1.32 bits per heavy atom. The molecule has 1 aliphatic rings. The molecule has 1 fully saturated rings. The van der Waals surface area contributed by atoms with E-state index in [9.17, 15) is 4.79 Å². The third-order valence-electron chi connectivity index (χ3n) is 3.68. The van der Waals surface area contributed by atoms with Crippen molar-refractivity contribution in [2.24, 2.45) is 11.7 Å². The van der Waals surface area contributed by atoms with Gasteiger partial charge in [0.05, 0.1) is 6.61 Å². The highest BCUT2D eigenvalue weighted by atomic mass is 35.5. The van der Waals surface area contributed by atoms with Gasteiger partial charge in [-0.25, -0.2) is 4.79 Å². The number of nitrogens with two attached hydrogens (primary N) is 1. The van der Waals surface area contributed by atoms with E-state index in [2.05, 4.69) is 0 Å². The second-order valence-electron chi connectivity index (χ2n) is 5.13. The predicted octanol–water partition coefficient (Wildman–Crippen LogP) is 3.46. The standard InChI is InChI=1S/C15H20ClNO2/c16-13-9-5-4-8-12(13)14(17)15(18)19-10-11-6-2-1-3-7-11/h4-5,8-9,11,14H,1-3,6-7,10,17H2/t14-/m1/s1. The van der Waals surface area contributed by atoms with Gasteiger partial charge in [-0.05, 0) is 30.4 Å². The SMILES string of the molecule is N[C@@H](C(=O)OCC1CCCCC1)c1ccccc1Cl. The fourth-order valence-electron chi connectivity index (χ4n) is 2.50. The lowest BCUT2D eigenvalue weighted by atomic mass is 9.90. The van der Waals surface area contributed by atoms with Crippen molar-refractivity contribution in [1.29, 1.82) is 0 Å². The van der Waals surface area contributed by atoms with Crippen LogP contribution in [0.4, 0.5) is 0 Å². The Kier molecular flexibility index (Phi) is 5.23. The first-order valence-corrected chi connectivity index (χ1v) is 7.23. The second kappa shape index (κ2) is 6.92. The minimum Gasteiger partial charge on any atom is -0.464 e. The molecular weight excluding hydrogens is 262 g/mol. The summed E-state index contributed by atoms with van der Waals surface area (Å²) in [5.74, 6) is 0.106. The minimum atomic E-state index is -0.794. The van der Waals surface area contributed by atoms with E-state index < -0.39 is 12.0 Å². The zero-order chi connectivity index (χ0) is 13.7. The minimum absolute atomic E-state index is 0.390. The van der Waals surface area contributed by atoms with E-state index in [1.54, 1.807) is 12.1 Å². The number of halogens is 1. The molecule has 0 unspecified atom stereocenters. The Balaban J connectivity index is 1.87. The van der Waals surface area contributed by atoms with Crippen molar-refractivity contribution in [3.05, 3.63) is 34.9 Å². The summed E-state index contributed by atoms with van der Waals surface area (Å²) in [4.78, 5) is 11.9.